The number of rotatable bonds is 9. The number of aromatic nitrogens is 2. The van der Waals surface area contributed by atoms with Crippen molar-refractivity contribution in [1.29, 1.82) is 0 Å². The van der Waals surface area contributed by atoms with Gasteiger partial charge in [-0.15, -0.1) is 0 Å². The lowest BCUT2D eigenvalue weighted by molar-refractivity contribution is -0.119. The van der Waals surface area contributed by atoms with E-state index in [1.54, 1.807) is 24.5 Å². The molecule has 2 aromatic rings. The van der Waals surface area contributed by atoms with Crippen molar-refractivity contribution in [2.75, 3.05) is 5.75 Å². The first-order chi connectivity index (χ1) is 11.8. The maximum atomic E-state index is 12.8. The van der Waals surface area contributed by atoms with Crippen molar-refractivity contribution in [1.82, 2.24) is 14.9 Å². The molecule has 2 rings (SSSR count). The van der Waals surface area contributed by atoms with Gasteiger partial charge in [-0.25, -0.2) is 13.4 Å². The Labute approximate surface area is 149 Å². The maximum absolute atomic E-state index is 12.8. The Hall–Kier alpha value is -1.89. The summed E-state index contributed by atoms with van der Waals surface area (Å²) in [5.74, 6) is -1.08. The molecule has 0 saturated carbocycles. The van der Waals surface area contributed by atoms with Crippen LogP contribution in [0.4, 0.5) is 0 Å². The van der Waals surface area contributed by atoms with E-state index < -0.39 is 21.5 Å². The van der Waals surface area contributed by atoms with Crippen LogP contribution >= 0.6 is 0 Å². The van der Waals surface area contributed by atoms with Crippen LogP contribution in [-0.2, 0) is 21.2 Å². The minimum Gasteiger partial charge on any atom is -0.353 e. The number of hydrogen-bond acceptors (Lipinski definition) is 4. The van der Waals surface area contributed by atoms with Gasteiger partial charge in [0.05, 0.1) is 11.0 Å². The summed E-state index contributed by atoms with van der Waals surface area (Å²) in [4.78, 5) is 16.3. The summed E-state index contributed by atoms with van der Waals surface area (Å²) in [7, 11) is -3.80. The van der Waals surface area contributed by atoms with Crippen LogP contribution in [0.15, 0.2) is 29.4 Å². The first-order valence-electron chi connectivity index (χ1n) is 8.82. The van der Waals surface area contributed by atoms with Gasteiger partial charge < -0.3 is 9.88 Å². The number of benzene rings is 1. The number of carbonyl (C=O) groups excluding carboxylic acids is 1. The molecule has 0 saturated heterocycles. The van der Waals surface area contributed by atoms with E-state index in [2.05, 4.69) is 17.2 Å². The molecule has 0 aliphatic carbocycles. The topological polar surface area (TPSA) is 81.1 Å². The van der Waals surface area contributed by atoms with E-state index in [1.165, 1.54) is 0 Å². The van der Waals surface area contributed by atoms with Crippen LogP contribution in [0, 0.1) is 0 Å². The van der Waals surface area contributed by atoms with E-state index in [0.29, 0.717) is 12.1 Å². The summed E-state index contributed by atoms with van der Waals surface area (Å²) in [6, 6.07) is 7.27. The zero-order valence-electron chi connectivity index (χ0n) is 15.2. The molecule has 1 N–H and O–H groups in total. The molecule has 0 aliphatic rings. The predicted molar refractivity (Wildman–Crippen MR) is 99.2 cm³/mol. The third-order valence-electron chi connectivity index (χ3n) is 3.90. The molecule has 0 fully saturated rings. The highest BCUT2D eigenvalue weighted by Gasteiger charge is 2.26. The zero-order chi connectivity index (χ0) is 18.4. The molecule has 0 bridgehead atoms. The largest absolute Gasteiger partial charge is 0.353 e. The number of aryl methyl sites for hydroxylation is 1. The van der Waals surface area contributed by atoms with Crippen molar-refractivity contribution < 1.29 is 13.2 Å². The SMILES string of the molecule is CCCCCCn1c(S(=O)(=O)CC(=O)NC(C)C)nc2ccccc21. The lowest BCUT2D eigenvalue weighted by atomic mass is 10.2. The van der Waals surface area contributed by atoms with E-state index >= 15 is 0 Å². The first kappa shape index (κ1) is 19.4. The van der Waals surface area contributed by atoms with E-state index in [1.807, 2.05) is 18.2 Å². The summed E-state index contributed by atoms with van der Waals surface area (Å²) >= 11 is 0. The number of amides is 1. The number of para-hydroxylation sites is 2. The minimum absolute atomic E-state index is 0.0101. The molecule has 7 heteroatoms. The van der Waals surface area contributed by atoms with Gasteiger partial charge in [-0.05, 0) is 32.4 Å². The summed E-state index contributed by atoms with van der Waals surface area (Å²) in [6.45, 7) is 6.32. The average Bonchev–Trinajstić information content (AvgIpc) is 2.90. The number of unbranched alkanes of at least 4 members (excludes halogenated alkanes) is 3. The average molecular weight is 365 g/mol. The number of fused-ring (bicyclic) bond motifs is 1. The molecule has 0 radical (unpaired) electrons. The van der Waals surface area contributed by atoms with Crippen LogP contribution in [0.5, 0.6) is 0 Å². The smallest absolute Gasteiger partial charge is 0.235 e. The van der Waals surface area contributed by atoms with Crippen LogP contribution in [0.2, 0.25) is 0 Å². The van der Waals surface area contributed by atoms with Crippen molar-refractivity contribution in [3.63, 3.8) is 0 Å². The highest BCUT2D eigenvalue weighted by Crippen LogP contribution is 2.21. The molecule has 1 aromatic carbocycles. The second-order valence-corrected chi connectivity index (χ2v) is 8.46. The Kier molecular flexibility index (Phi) is 6.58. The Morgan fingerprint density at radius 2 is 1.92 bits per heavy atom. The van der Waals surface area contributed by atoms with Gasteiger partial charge in [-0.3, -0.25) is 4.79 Å². The van der Waals surface area contributed by atoms with Gasteiger partial charge in [-0.2, -0.15) is 0 Å². The standard InChI is InChI=1S/C18H27N3O3S/c1-4-5-6-9-12-21-16-11-8-7-10-15(16)20-18(21)25(23,24)13-17(22)19-14(2)3/h7-8,10-11,14H,4-6,9,12-13H2,1-3H3,(H,19,22). The number of sulfone groups is 1. The van der Waals surface area contributed by atoms with Gasteiger partial charge in [0.1, 0.15) is 5.75 Å². The third kappa shape index (κ3) is 5.04. The van der Waals surface area contributed by atoms with Gasteiger partial charge >= 0.3 is 0 Å². The Balaban J connectivity index is 2.33. The quantitative estimate of drug-likeness (QED) is 0.693. The van der Waals surface area contributed by atoms with Crippen LogP contribution < -0.4 is 5.32 Å². The normalized spacial score (nSPS) is 12.0. The van der Waals surface area contributed by atoms with Gasteiger partial charge in [0.15, 0.2) is 0 Å². The fraction of sp³-hybridized carbons (Fsp3) is 0.556. The predicted octanol–water partition coefficient (Wildman–Crippen LogP) is 2.91. The lowest BCUT2D eigenvalue weighted by Crippen LogP contribution is -2.35. The molecule has 1 aromatic heterocycles. The van der Waals surface area contributed by atoms with Crippen LogP contribution in [-0.4, -0.2) is 35.7 Å². The maximum Gasteiger partial charge on any atom is 0.235 e. The Bertz CT molecular complexity index is 825. The van der Waals surface area contributed by atoms with Crippen molar-refractivity contribution >= 4 is 26.8 Å². The van der Waals surface area contributed by atoms with Crippen LogP contribution in [0.3, 0.4) is 0 Å². The fourth-order valence-electron chi connectivity index (χ4n) is 2.80. The van der Waals surface area contributed by atoms with Gasteiger partial charge in [-0.1, -0.05) is 38.3 Å². The molecule has 0 spiro atoms. The van der Waals surface area contributed by atoms with Crippen molar-refractivity contribution in [2.45, 2.75) is 64.2 Å². The highest BCUT2D eigenvalue weighted by atomic mass is 32.2. The fourth-order valence-corrected chi connectivity index (χ4v) is 4.12. The zero-order valence-corrected chi connectivity index (χ0v) is 16.0. The molecule has 25 heavy (non-hydrogen) atoms. The number of hydrogen-bond donors (Lipinski definition) is 1. The second-order valence-electron chi connectivity index (χ2n) is 6.58. The van der Waals surface area contributed by atoms with E-state index in [-0.39, 0.29) is 11.2 Å². The van der Waals surface area contributed by atoms with Gasteiger partial charge in [0.25, 0.3) is 0 Å². The van der Waals surface area contributed by atoms with E-state index in [4.69, 9.17) is 0 Å². The number of imidazole rings is 1. The summed E-state index contributed by atoms with van der Waals surface area (Å²) in [6.07, 6.45) is 4.15. The van der Waals surface area contributed by atoms with Crippen LogP contribution in [0.25, 0.3) is 11.0 Å². The third-order valence-corrected chi connectivity index (χ3v) is 5.41. The number of nitrogens with one attached hydrogen (secondary N) is 1. The molecule has 0 unspecified atom stereocenters. The summed E-state index contributed by atoms with van der Waals surface area (Å²) in [5, 5.41) is 2.62. The second kappa shape index (κ2) is 8.47. The first-order valence-corrected chi connectivity index (χ1v) is 10.5. The molecule has 0 atom stereocenters. The molecular formula is C18H27N3O3S. The monoisotopic (exact) mass is 365 g/mol. The molecule has 0 aliphatic heterocycles. The number of nitrogens with zero attached hydrogens (tertiary/aromatic N) is 2. The molecule has 1 heterocycles. The molecular weight excluding hydrogens is 338 g/mol. The molecule has 6 nitrogen and oxygen atoms in total. The van der Waals surface area contributed by atoms with Crippen LogP contribution in [0.1, 0.15) is 46.5 Å². The highest BCUT2D eigenvalue weighted by molar-refractivity contribution is 7.92. The van der Waals surface area contributed by atoms with Crippen molar-refractivity contribution in [2.24, 2.45) is 0 Å². The van der Waals surface area contributed by atoms with E-state index in [0.717, 1.165) is 31.2 Å². The Morgan fingerprint density at radius 1 is 1.20 bits per heavy atom. The summed E-state index contributed by atoms with van der Waals surface area (Å²) < 4.78 is 27.3. The van der Waals surface area contributed by atoms with Gasteiger partial charge in [0, 0.05) is 12.6 Å². The lowest BCUT2D eigenvalue weighted by Gasteiger charge is -2.11. The molecule has 138 valence electrons. The minimum atomic E-state index is -3.80. The van der Waals surface area contributed by atoms with Crippen molar-refractivity contribution in [3.8, 4) is 0 Å². The number of carbonyl (C=O) groups is 1. The van der Waals surface area contributed by atoms with Crippen molar-refractivity contribution in [3.05, 3.63) is 24.3 Å². The van der Waals surface area contributed by atoms with E-state index in [9.17, 15) is 13.2 Å². The summed E-state index contributed by atoms with van der Waals surface area (Å²) in [5.41, 5.74) is 1.43. The Morgan fingerprint density at radius 3 is 2.60 bits per heavy atom. The molecule has 1 amide bonds. The van der Waals surface area contributed by atoms with Gasteiger partial charge in [0.2, 0.25) is 20.9 Å².